The molecule has 0 spiro atoms. The maximum absolute atomic E-state index is 9.28. The highest BCUT2D eigenvalue weighted by atomic mass is 16.7. The summed E-state index contributed by atoms with van der Waals surface area (Å²) in [4.78, 5) is 0. The van der Waals surface area contributed by atoms with E-state index in [0.29, 0.717) is 19.8 Å². The summed E-state index contributed by atoms with van der Waals surface area (Å²) in [6, 6.07) is 0. The molecule has 86 valence electrons. The van der Waals surface area contributed by atoms with Crippen LogP contribution in [0.25, 0.3) is 0 Å². The van der Waals surface area contributed by atoms with Gasteiger partial charge in [0.15, 0.2) is 0 Å². The standard InChI is InChI=1S/C10H22O4/c1-13-9-14-8-4-2-3-5-10(12)6-7-11/h10-12H,2-9H2,1H3/t10-/m0/s1. The number of rotatable bonds is 10. The van der Waals surface area contributed by atoms with Crippen molar-refractivity contribution in [3.8, 4) is 0 Å². The first kappa shape index (κ1) is 13.8. The van der Waals surface area contributed by atoms with E-state index in [1.165, 1.54) is 0 Å². The summed E-state index contributed by atoms with van der Waals surface area (Å²) in [5.41, 5.74) is 0. The Hall–Kier alpha value is -0.160. The zero-order chi connectivity index (χ0) is 10.6. The number of ether oxygens (including phenoxy) is 2. The molecule has 0 aromatic heterocycles. The van der Waals surface area contributed by atoms with Crippen LogP contribution in [0.5, 0.6) is 0 Å². The Balaban J connectivity index is 2.98. The number of hydrogen-bond acceptors (Lipinski definition) is 4. The van der Waals surface area contributed by atoms with E-state index in [4.69, 9.17) is 14.6 Å². The van der Waals surface area contributed by atoms with E-state index >= 15 is 0 Å². The van der Waals surface area contributed by atoms with Gasteiger partial charge in [-0.15, -0.1) is 0 Å². The normalized spacial score (nSPS) is 13.1. The van der Waals surface area contributed by atoms with Gasteiger partial charge in [-0.3, -0.25) is 0 Å². The zero-order valence-corrected chi connectivity index (χ0v) is 8.95. The number of hydrogen-bond donors (Lipinski definition) is 2. The van der Waals surface area contributed by atoms with Crippen LogP contribution in [0.4, 0.5) is 0 Å². The first-order chi connectivity index (χ1) is 6.81. The van der Waals surface area contributed by atoms with E-state index < -0.39 is 0 Å². The van der Waals surface area contributed by atoms with Gasteiger partial charge in [-0.25, -0.2) is 0 Å². The molecule has 0 rings (SSSR count). The van der Waals surface area contributed by atoms with Crippen molar-refractivity contribution in [3.05, 3.63) is 0 Å². The Labute approximate surface area is 85.8 Å². The van der Waals surface area contributed by atoms with Gasteiger partial charge in [-0.2, -0.15) is 0 Å². The van der Waals surface area contributed by atoms with Crippen molar-refractivity contribution in [2.45, 2.75) is 38.2 Å². The van der Waals surface area contributed by atoms with Gasteiger partial charge in [0.05, 0.1) is 6.10 Å². The van der Waals surface area contributed by atoms with Crippen LogP contribution in [0.3, 0.4) is 0 Å². The van der Waals surface area contributed by atoms with Crippen LogP contribution >= 0.6 is 0 Å². The first-order valence-corrected chi connectivity index (χ1v) is 5.17. The maximum atomic E-state index is 9.28. The Kier molecular flexibility index (Phi) is 10.8. The number of unbranched alkanes of at least 4 members (excludes halogenated alkanes) is 2. The van der Waals surface area contributed by atoms with Gasteiger partial charge in [-0.05, 0) is 19.3 Å². The van der Waals surface area contributed by atoms with Crippen molar-refractivity contribution in [1.29, 1.82) is 0 Å². The van der Waals surface area contributed by atoms with Gasteiger partial charge in [0.1, 0.15) is 6.79 Å². The lowest BCUT2D eigenvalue weighted by Crippen LogP contribution is -2.08. The van der Waals surface area contributed by atoms with Crippen LogP contribution in [-0.4, -0.2) is 43.4 Å². The lowest BCUT2D eigenvalue weighted by atomic mass is 10.1. The number of aliphatic hydroxyl groups excluding tert-OH is 2. The highest BCUT2D eigenvalue weighted by Crippen LogP contribution is 2.06. The van der Waals surface area contributed by atoms with Crippen molar-refractivity contribution in [1.82, 2.24) is 0 Å². The highest BCUT2D eigenvalue weighted by Gasteiger charge is 2.01. The highest BCUT2D eigenvalue weighted by molar-refractivity contribution is 4.54. The fraction of sp³-hybridized carbons (Fsp3) is 1.00. The van der Waals surface area contributed by atoms with E-state index in [0.717, 1.165) is 25.7 Å². The summed E-state index contributed by atoms with van der Waals surface area (Å²) < 4.78 is 9.84. The van der Waals surface area contributed by atoms with Gasteiger partial charge in [0, 0.05) is 20.3 Å². The minimum absolute atomic E-state index is 0.0676. The Morgan fingerprint density at radius 2 is 1.93 bits per heavy atom. The zero-order valence-electron chi connectivity index (χ0n) is 8.95. The van der Waals surface area contributed by atoms with Crippen molar-refractivity contribution in [2.75, 3.05) is 27.1 Å². The summed E-state index contributed by atoms with van der Waals surface area (Å²) >= 11 is 0. The van der Waals surface area contributed by atoms with E-state index in [-0.39, 0.29) is 12.7 Å². The Morgan fingerprint density at radius 3 is 2.57 bits per heavy atom. The molecule has 0 bridgehead atoms. The first-order valence-electron chi connectivity index (χ1n) is 5.17. The minimum Gasteiger partial charge on any atom is -0.396 e. The van der Waals surface area contributed by atoms with Crippen LogP contribution in [0.15, 0.2) is 0 Å². The molecule has 2 N–H and O–H groups in total. The molecule has 0 aliphatic heterocycles. The van der Waals surface area contributed by atoms with Gasteiger partial charge in [-0.1, -0.05) is 12.8 Å². The monoisotopic (exact) mass is 206 g/mol. The molecule has 0 aromatic rings. The number of aliphatic hydroxyl groups is 2. The molecule has 4 heteroatoms. The van der Waals surface area contributed by atoms with E-state index in [1.807, 2.05) is 0 Å². The average molecular weight is 206 g/mol. The Morgan fingerprint density at radius 1 is 1.14 bits per heavy atom. The molecule has 0 aromatic carbocycles. The third-order valence-electron chi connectivity index (χ3n) is 1.99. The molecular formula is C10H22O4. The largest absolute Gasteiger partial charge is 0.396 e. The summed E-state index contributed by atoms with van der Waals surface area (Å²) in [5, 5.41) is 17.8. The van der Waals surface area contributed by atoms with E-state index in [2.05, 4.69) is 0 Å². The minimum atomic E-state index is -0.347. The molecule has 0 radical (unpaired) electrons. The molecule has 0 aliphatic carbocycles. The van der Waals surface area contributed by atoms with Crippen LogP contribution in [-0.2, 0) is 9.47 Å². The van der Waals surface area contributed by atoms with Gasteiger partial charge in [0.25, 0.3) is 0 Å². The molecule has 0 aliphatic rings. The summed E-state index contributed by atoms with van der Waals surface area (Å²) in [7, 11) is 1.60. The third kappa shape index (κ3) is 9.92. The second kappa shape index (κ2) is 10.9. The van der Waals surface area contributed by atoms with Gasteiger partial charge < -0.3 is 19.7 Å². The summed E-state index contributed by atoms with van der Waals surface area (Å²) in [6.07, 6.45) is 3.93. The van der Waals surface area contributed by atoms with E-state index in [9.17, 15) is 5.11 Å². The molecule has 4 nitrogen and oxygen atoms in total. The van der Waals surface area contributed by atoms with Crippen LogP contribution in [0, 0.1) is 0 Å². The SMILES string of the molecule is COCOCCCCC[C@H](O)CCO. The predicted molar refractivity (Wildman–Crippen MR) is 54.0 cm³/mol. The molecule has 1 atom stereocenters. The lowest BCUT2D eigenvalue weighted by Gasteiger charge is -2.08. The second-order valence-corrected chi connectivity index (χ2v) is 3.33. The predicted octanol–water partition coefficient (Wildman–Crippen LogP) is 0.911. The molecule has 0 fully saturated rings. The van der Waals surface area contributed by atoms with Gasteiger partial charge >= 0.3 is 0 Å². The van der Waals surface area contributed by atoms with Crippen LogP contribution in [0.1, 0.15) is 32.1 Å². The summed E-state index contributed by atoms with van der Waals surface area (Å²) in [5.74, 6) is 0. The maximum Gasteiger partial charge on any atom is 0.146 e. The summed E-state index contributed by atoms with van der Waals surface area (Å²) in [6.45, 7) is 1.13. The molecule has 0 heterocycles. The number of methoxy groups -OCH3 is 1. The van der Waals surface area contributed by atoms with Crippen LogP contribution in [0.2, 0.25) is 0 Å². The Bertz CT molecular complexity index is 108. The molecule has 0 saturated carbocycles. The lowest BCUT2D eigenvalue weighted by molar-refractivity contribution is -0.0317. The molecule has 0 amide bonds. The average Bonchev–Trinajstić information content (AvgIpc) is 2.17. The van der Waals surface area contributed by atoms with Crippen molar-refractivity contribution in [2.24, 2.45) is 0 Å². The molecule has 14 heavy (non-hydrogen) atoms. The van der Waals surface area contributed by atoms with Gasteiger partial charge in [0.2, 0.25) is 0 Å². The molecule has 0 saturated heterocycles. The molecular weight excluding hydrogens is 184 g/mol. The van der Waals surface area contributed by atoms with Crippen molar-refractivity contribution in [3.63, 3.8) is 0 Å². The quantitative estimate of drug-likeness (QED) is 0.412. The van der Waals surface area contributed by atoms with Crippen molar-refractivity contribution >= 4 is 0 Å². The molecule has 0 unspecified atom stereocenters. The van der Waals surface area contributed by atoms with Crippen LogP contribution < -0.4 is 0 Å². The fourth-order valence-corrected chi connectivity index (χ4v) is 1.20. The fourth-order valence-electron chi connectivity index (χ4n) is 1.20. The second-order valence-electron chi connectivity index (χ2n) is 3.33. The topological polar surface area (TPSA) is 58.9 Å². The van der Waals surface area contributed by atoms with E-state index in [1.54, 1.807) is 7.11 Å². The third-order valence-corrected chi connectivity index (χ3v) is 1.99. The smallest absolute Gasteiger partial charge is 0.146 e. The van der Waals surface area contributed by atoms with Crippen molar-refractivity contribution < 1.29 is 19.7 Å².